The predicted octanol–water partition coefficient (Wildman–Crippen LogP) is -0.769. The summed E-state index contributed by atoms with van der Waals surface area (Å²) < 4.78 is 18.7. The molecule has 0 N–H and O–H groups in total. The number of carboxylic acid groups (broad SMARTS) is 1. The molecule has 0 saturated heterocycles. The molecule has 7 nitrogen and oxygen atoms in total. The van der Waals surface area contributed by atoms with Crippen LogP contribution in [-0.2, 0) is 32.1 Å². The zero-order chi connectivity index (χ0) is 15.9. The van der Waals surface area contributed by atoms with Crippen LogP contribution in [0.15, 0.2) is 18.7 Å². The molecule has 0 bridgehead atoms. The Kier molecular flexibility index (Phi) is 12.6. The lowest BCUT2D eigenvalue weighted by atomic mass is 10.5. The third-order valence-electron chi connectivity index (χ3n) is 2.55. The summed E-state index contributed by atoms with van der Waals surface area (Å²) in [6, 6.07) is 0. The van der Waals surface area contributed by atoms with Crippen LogP contribution < -0.4 is 9.67 Å². The number of hydrogen-bond donors (Lipinski definition) is 0. The Morgan fingerprint density at radius 3 is 2.43 bits per heavy atom. The summed E-state index contributed by atoms with van der Waals surface area (Å²) in [4.78, 5) is 9.81. The van der Waals surface area contributed by atoms with Gasteiger partial charge in [0.15, 0.2) is 0 Å². The Bertz CT molecular complexity index is 368. The highest BCUT2D eigenvalue weighted by molar-refractivity contribution is 5.64. The third kappa shape index (κ3) is 12.0. The van der Waals surface area contributed by atoms with Gasteiger partial charge < -0.3 is 24.1 Å². The first-order chi connectivity index (χ1) is 10.1. The number of aliphatic carboxylic acids is 1. The summed E-state index contributed by atoms with van der Waals surface area (Å²) in [7, 11) is 3.28. The van der Waals surface area contributed by atoms with Crippen molar-refractivity contribution in [2.75, 3.05) is 40.6 Å². The van der Waals surface area contributed by atoms with Gasteiger partial charge in [0.2, 0.25) is 6.33 Å². The summed E-state index contributed by atoms with van der Waals surface area (Å²) in [5, 5.41) is 9.81. The van der Waals surface area contributed by atoms with E-state index in [1.807, 2.05) is 0 Å². The van der Waals surface area contributed by atoms with E-state index in [0.717, 1.165) is 19.7 Å². The lowest BCUT2D eigenvalue weighted by Crippen LogP contribution is -2.33. The number of ether oxygens (including phenoxy) is 3. The molecule has 0 aromatic carbocycles. The standard InChI is InChI=1S/C8H15N2O.C6H12O4/c1-3-9-4-5-10(8-9)6-7-11-2;1-9-4-5-10-3-2-6(7)8/h4-5,8H,3,6-7H2,1-2H3;2-5H2,1H3,(H,7,8)/q+1;/p-1. The minimum Gasteiger partial charge on any atom is -0.550 e. The highest BCUT2D eigenvalue weighted by atomic mass is 16.5. The lowest BCUT2D eigenvalue weighted by molar-refractivity contribution is -0.697. The van der Waals surface area contributed by atoms with Crippen LogP contribution in [0.1, 0.15) is 13.3 Å². The van der Waals surface area contributed by atoms with Gasteiger partial charge in [-0.05, 0) is 6.92 Å². The van der Waals surface area contributed by atoms with Gasteiger partial charge in [-0.2, -0.15) is 0 Å². The summed E-state index contributed by atoms with van der Waals surface area (Å²) in [5.41, 5.74) is 0. The molecule has 7 heteroatoms. The monoisotopic (exact) mass is 302 g/mol. The Balaban J connectivity index is 0.000000384. The van der Waals surface area contributed by atoms with Gasteiger partial charge in [-0.15, -0.1) is 0 Å². The second kappa shape index (κ2) is 13.5. The van der Waals surface area contributed by atoms with Crippen molar-refractivity contribution in [3.63, 3.8) is 0 Å². The molecule has 0 fully saturated rings. The molecule has 21 heavy (non-hydrogen) atoms. The molecule has 1 heterocycles. The van der Waals surface area contributed by atoms with E-state index in [1.165, 1.54) is 0 Å². The maximum Gasteiger partial charge on any atom is 0.243 e. The van der Waals surface area contributed by atoms with Gasteiger partial charge in [0.25, 0.3) is 0 Å². The quantitative estimate of drug-likeness (QED) is 0.419. The van der Waals surface area contributed by atoms with Crippen LogP contribution in [0.3, 0.4) is 0 Å². The van der Waals surface area contributed by atoms with Crippen molar-refractivity contribution in [3.05, 3.63) is 18.7 Å². The molecule has 1 rings (SSSR count). The first-order valence-corrected chi connectivity index (χ1v) is 6.94. The summed E-state index contributed by atoms with van der Waals surface area (Å²) in [6.07, 6.45) is 6.15. The number of rotatable bonds is 10. The first-order valence-electron chi connectivity index (χ1n) is 6.94. The van der Waals surface area contributed by atoms with Crippen LogP contribution in [-0.4, -0.2) is 51.2 Å². The zero-order valence-electron chi connectivity index (χ0n) is 13.1. The number of carbonyl (C=O) groups excluding carboxylic acids is 1. The Morgan fingerprint density at radius 1 is 1.19 bits per heavy atom. The van der Waals surface area contributed by atoms with Gasteiger partial charge in [0.1, 0.15) is 18.9 Å². The number of nitrogens with zero attached hydrogens (tertiary/aromatic N) is 2. The molecule has 0 radical (unpaired) electrons. The normalized spacial score (nSPS) is 10.0. The molecule has 0 spiro atoms. The topological polar surface area (TPSA) is 76.6 Å². The van der Waals surface area contributed by atoms with Crippen LogP contribution in [0.5, 0.6) is 0 Å². The van der Waals surface area contributed by atoms with E-state index in [9.17, 15) is 9.90 Å². The van der Waals surface area contributed by atoms with Gasteiger partial charge in [0, 0.05) is 26.6 Å². The number of methoxy groups -OCH3 is 2. The van der Waals surface area contributed by atoms with Crippen LogP contribution >= 0.6 is 0 Å². The smallest absolute Gasteiger partial charge is 0.243 e. The van der Waals surface area contributed by atoms with E-state index >= 15 is 0 Å². The molecule has 0 amide bonds. The van der Waals surface area contributed by atoms with Crippen LogP contribution in [0.25, 0.3) is 0 Å². The molecular weight excluding hydrogens is 276 g/mol. The molecule has 0 aliphatic rings. The molecule has 122 valence electrons. The Morgan fingerprint density at radius 2 is 1.90 bits per heavy atom. The van der Waals surface area contributed by atoms with E-state index in [0.29, 0.717) is 13.2 Å². The van der Waals surface area contributed by atoms with Gasteiger partial charge in [0.05, 0.1) is 33.0 Å². The number of aromatic nitrogens is 2. The van der Waals surface area contributed by atoms with E-state index in [2.05, 4.69) is 39.5 Å². The summed E-state index contributed by atoms with van der Waals surface area (Å²) in [6.45, 7) is 5.99. The first kappa shape index (κ1) is 19.6. The van der Waals surface area contributed by atoms with Crippen LogP contribution in [0.4, 0.5) is 0 Å². The largest absolute Gasteiger partial charge is 0.550 e. The molecule has 0 saturated carbocycles. The van der Waals surface area contributed by atoms with Crippen molar-refractivity contribution < 1.29 is 28.7 Å². The molecule has 0 atom stereocenters. The molecule has 0 aliphatic heterocycles. The van der Waals surface area contributed by atoms with E-state index in [4.69, 9.17) is 9.47 Å². The average molecular weight is 302 g/mol. The van der Waals surface area contributed by atoms with Crippen molar-refractivity contribution in [1.82, 2.24) is 4.57 Å². The fourth-order valence-corrected chi connectivity index (χ4v) is 1.35. The Labute approximate surface area is 126 Å². The molecular formula is C14H26N2O5. The number of hydrogen-bond acceptors (Lipinski definition) is 5. The number of carbonyl (C=O) groups is 1. The molecule has 0 aliphatic carbocycles. The number of imidazole rings is 1. The minimum atomic E-state index is -1.09. The van der Waals surface area contributed by atoms with Crippen molar-refractivity contribution >= 4 is 5.97 Å². The van der Waals surface area contributed by atoms with Crippen molar-refractivity contribution in [3.8, 4) is 0 Å². The predicted molar refractivity (Wildman–Crippen MR) is 74.5 cm³/mol. The lowest BCUT2D eigenvalue weighted by Gasteiger charge is -2.02. The van der Waals surface area contributed by atoms with E-state index in [1.54, 1.807) is 14.2 Å². The highest BCUT2D eigenvalue weighted by Crippen LogP contribution is 1.82. The average Bonchev–Trinajstić information content (AvgIpc) is 2.93. The summed E-state index contributed by atoms with van der Waals surface area (Å²) >= 11 is 0. The number of aryl methyl sites for hydroxylation is 1. The zero-order valence-corrected chi connectivity index (χ0v) is 13.1. The van der Waals surface area contributed by atoms with Crippen molar-refractivity contribution in [2.24, 2.45) is 0 Å². The second-order valence-corrected chi connectivity index (χ2v) is 4.20. The third-order valence-corrected chi connectivity index (χ3v) is 2.55. The summed E-state index contributed by atoms with van der Waals surface area (Å²) in [5.74, 6) is -1.09. The maximum absolute atomic E-state index is 9.81. The van der Waals surface area contributed by atoms with Gasteiger partial charge >= 0.3 is 0 Å². The highest BCUT2D eigenvalue weighted by Gasteiger charge is 1.99. The van der Waals surface area contributed by atoms with Gasteiger partial charge in [-0.25, -0.2) is 9.13 Å². The van der Waals surface area contributed by atoms with Crippen molar-refractivity contribution in [1.29, 1.82) is 0 Å². The van der Waals surface area contributed by atoms with Crippen LogP contribution in [0.2, 0.25) is 0 Å². The van der Waals surface area contributed by atoms with Crippen molar-refractivity contribution in [2.45, 2.75) is 26.4 Å². The van der Waals surface area contributed by atoms with E-state index < -0.39 is 5.97 Å². The fraction of sp³-hybridized carbons (Fsp3) is 0.714. The molecule has 1 aromatic heterocycles. The SMILES string of the molecule is CCn1cc[n+](CCOC)c1.COCCOCCC(=O)[O-]. The minimum absolute atomic E-state index is 0.0519. The maximum atomic E-state index is 9.81. The van der Waals surface area contributed by atoms with Crippen LogP contribution in [0, 0.1) is 0 Å². The second-order valence-electron chi connectivity index (χ2n) is 4.20. The number of carboxylic acids is 1. The fourth-order valence-electron chi connectivity index (χ4n) is 1.35. The molecule has 0 unspecified atom stereocenters. The molecule has 1 aromatic rings. The van der Waals surface area contributed by atoms with E-state index in [-0.39, 0.29) is 13.0 Å². The van der Waals surface area contributed by atoms with Gasteiger partial charge in [-0.1, -0.05) is 0 Å². The Hall–Kier alpha value is -1.44. The van der Waals surface area contributed by atoms with Gasteiger partial charge in [-0.3, -0.25) is 0 Å².